The largest absolute Gasteiger partial charge is 0.457 e. The molecule has 1 saturated heterocycles. The van der Waals surface area contributed by atoms with Gasteiger partial charge < -0.3 is 16.2 Å². The van der Waals surface area contributed by atoms with Crippen LogP contribution >= 0.6 is 0 Å². The predicted octanol–water partition coefficient (Wildman–Crippen LogP) is 3.43. The van der Waals surface area contributed by atoms with E-state index in [1.807, 2.05) is 54.6 Å². The first-order valence-corrected chi connectivity index (χ1v) is 11.1. The van der Waals surface area contributed by atoms with Crippen molar-refractivity contribution in [2.75, 3.05) is 18.8 Å². The van der Waals surface area contributed by atoms with E-state index in [2.05, 4.69) is 17.9 Å². The fraction of sp³-hybridized carbons (Fsp3) is 0.320. The third kappa shape index (κ3) is 3.60. The summed E-state index contributed by atoms with van der Waals surface area (Å²) in [5.41, 5.74) is 13.6. The molecule has 8 heteroatoms. The predicted molar refractivity (Wildman–Crippen MR) is 124 cm³/mol. The molecule has 3 unspecified atom stereocenters. The van der Waals surface area contributed by atoms with Gasteiger partial charge in [0.2, 0.25) is 0 Å². The number of piperidine rings is 1. The van der Waals surface area contributed by atoms with E-state index in [0.29, 0.717) is 41.7 Å². The van der Waals surface area contributed by atoms with Gasteiger partial charge >= 0.3 is 0 Å². The highest BCUT2D eigenvalue weighted by atomic mass is 16.5. The van der Waals surface area contributed by atoms with Gasteiger partial charge in [0.15, 0.2) is 0 Å². The third-order valence-corrected chi connectivity index (χ3v) is 7.06. The van der Waals surface area contributed by atoms with E-state index in [9.17, 15) is 4.79 Å². The van der Waals surface area contributed by atoms with E-state index in [4.69, 9.17) is 26.6 Å². The molecule has 4 atom stereocenters. The SMILES string of the molecule is C[C@H]1C2CN(CC#N)C1CC2n1nc(-c2ccc(Oc3ccccc3)cc2)c(C(N)=O)c1N. The number of para-hydroxylation sites is 1. The lowest BCUT2D eigenvalue weighted by atomic mass is 9.97. The van der Waals surface area contributed by atoms with Crippen LogP contribution in [0.2, 0.25) is 0 Å². The van der Waals surface area contributed by atoms with Crippen LogP contribution in [0, 0.1) is 23.2 Å². The zero-order valence-electron chi connectivity index (χ0n) is 18.4. The normalized spacial score (nSPS) is 24.0. The second kappa shape index (κ2) is 8.26. The summed E-state index contributed by atoms with van der Waals surface area (Å²) in [4.78, 5) is 14.6. The second-order valence-electron chi connectivity index (χ2n) is 8.84. The van der Waals surface area contributed by atoms with Gasteiger partial charge in [-0.1, -0.05) is 25.1 Å². The number of likely N-dealkylation sites (tertiary alicyclic amines) is 1. The van der Waals surface area contributed by atoms with Crippen molar-refractivity contribution >= 4 is 11.7 Å². The number of hydrogen-bond donors (Lipinski definition) is 2. The van der Waals surface area contributed by atoms with E-state index >= 15 is 0 Å². The highest BCUT2D eigenvalue weighted by molar-refractivity contribution is 6.03. The van der Waals surface area contributed by atoms with Gasteiger partial charge in [0.05, 0.1) is 18.7 Å². The summed E-state index contributed by atoms with van der Waals surface area (Å²) in [6.45, 7) is 3.48. The molecule has 2 bridgehead atoms. The number of carbonyl (C=O) groups excluding carboxylic acids is 1. The number of nitriles is 1. The number of aromatic nitrogens is 2. The molecule has 33 heavy (non-hydrogen) atoms. The van der Waals surface area contributed by atoms with Crippen molar-refractivity contribution in [2.45, 2.75) is 25.4 Å². The van der Waals surface area contributed by atoms with Crippen molar-refractivity contribution in [1.82, 2.24) is 14.7 Å². The van der Waals surface area contributed by atoms with Crippen molar-refractivity contribution in [1.29, 1.82) is 5.26 Å². The molecule has 2 aliphatic rings. The zero-order chi connectivity index (χ0) is 23.1. The number of hydrogen-bond acceptors (Lipinski definition) is 6. The van der Waals surface area contributed by atoms with E-state index in [1.54, 1.807) is 4.68 Å². The number of nitrogens with zero attached hydrogens (tertiary/aromatic N) is 4. The van der Waals surface area contributed by atoms with E-state index in [0.717, 1.165) is 24.3 Å². The molecule has 3 aromatic rings. The van der Waals surface area contributed by atoms with Crippen LogP contribution in [0.15, 0.2) is 54.6 Å². The number of nitrogen functional groups attached to an aromatic ring is 1. The topological polar surface area (TPSA) is 123 Å². The van der Waals surface area contributed by atoms with Crippen molar-refractivity contribution in [3.63, 3.8) is 0 Å². The molecule has 1 aliphatic heterocycles. The number of benzene rings is 2. The van der Waals surface area contributed by atoms with Crippen LogP contribution in [0.25, 0.3) is 11.3 Å². The summed E-state index contributed by atoms with van der Waals surface area (Å²) >= 11 is 0. The Kier molecular flexibility index (Phi) is 5.27. The van der Waals surface area contributed by atoms with Crippen LogP contribution in [0.1, 0.15) is 29.7 Å². The third-order valence-electron chi connectivity index (χ3n) is 7.06. The van der Waals surface area contributed by atoms with Crippen LogP contribution in [0.3, 0.4) is 0 Å². The quantitative estimate of drug-likeness (QED) is 0.564. The molecule has 1 aromatic heterocycles. The Bertz CT molecular complexity index is 1210. The van der Waals surface area contributed by atoms with Crippen LogP contribution in [0.4, 0.5) is 5.82 Å². The Morgan fingerprint density at radius 1 is 1.15 bits per heavy atom. The molecule has 5 rings (SSSR count). The Labute approximate surface area is 192 Å². The van der Waals surface area contributed by atoms with Crippen LogP contribution in [-0.2, 0) is 0 Å². The first kappa shape index (κ1) is 21.0. The number of amides is 1. The van der Waals surface area contributed by atoms with Gasteiger partial charge in [-0.25, -0.2) is 4.68 Å². The summed E-state index contributed by atoms with van der Waals surface area (Å²) in [6.07, 6.45) is 0.848. The number of nitrogens with two attached hydrogens (primary N) is 2. The molecule has 1 amide bonds. The zero-order valence-corrected chi connectivity index (χ0v) is 18.4. The molecule has 168 valence electrons. The highest BCUT2D eigenvalue weighted by Gasteiger charge is 2.51. The molecular formula is C25H26N6O2. The van der Waals surface area contributed by atoms with Gasteiger partial charge in [0.25, 0.3) is 5.91 Å². The average molecular weight is 443 g/mol. The Morgan fingerprint density at radius 2 is 1.85 bits per heavy atom. The number of primary amides is 1. The number of rotatable bonds is 6. The molecule has 2 fully saturated rings. The van der Waals surface area contributed by atoms with Crippen molar-refractivity contribution in [3.05, 3.63) is 60.2 Å². The Morgan fingerprint density at radius 3 is 2.45 bits per heavy atom. The van der Waals surface area contributed by atoms with E-state index in [-0.39, 0.29) is 11.6 Å². The molecule has 8 nitrogen and oxygen atoms in total. The highest BCUT2D eigenvalue weighted by Crippen LogP contribution is 2.49. The molecule has 0 radical (unpaired) electrons. The van der Waals surface area contributed by atoms with Crippen LogP contribution in [-0.4, -0.2) is 39.7 Å². The lowest BCUT2D eigenvalue weighted by Crippen LogP contribution is -2.37. The van der Waals surface area contributed by atoms with Gasteiger partial charge in [0.1, 0.15) is 28.6 Å². The van der Waals surface area contributed by atoms with Gasteiger partial charge in [-0.15, -0.1) is 0 Å². The van der Waals surface area contributed by atoms with Gasteiger partial charge in [0, 0.05) is 18.2 Å². The molecule has 0 spiro atoms. The molecule has 2 heterocycles. The average Bonchev–Trinajstić information content (AvgIpc) is 3.42. The molecule has 2 aromatic carbocycles. The minimum atomic E-state index is -0.597. The Balaban J connectivity index is 1.44. The van der Waals surface area contributed by atoms with Crippen LogP contribution in [0.5, 0.6) is 11.5 Å². The molecule has 4 N–H and O–H groups in total. The maximum atomic E-state index is 12.3. The van der Waals surface area contributed by atoms with Crippen molar-refractivity contribution < 1.29 is 9.53 Å². The lowest BCUT2D eigenvalue weighted by molar-refractivity contribution is 0.100. The summed E-state index contributed by atoms with van der Waals surface area (Å²) in [5.74, 6) is 1.88. The van der Waals surface area contributed by atoms with Crippen LogP contribution < -0.4 is 16.2 Å². The number of carbonyl (C=O) groups is 1. The fourth-order valence-corrected chi connectivity index (χ4v) is 5.45. The monoisotopic (exact) mass is 442 g/mol. The van der Waals surface area contributed by atoms with Crippen molar-refractivity contribution in [3.8, 4) is 28.8 Å². The maximum absolute atomic E-state index is 12.3. The summed E-state index contributed by atoms with van der Waals surface area (Å²) in [5, 5.41) is 13.9. The summed E-state index contributed by atoms with van der Waals surface area (Å²) in [6, 6.07) is 19.6. The summed E-state index contributed by atoms with van der Waals surface area (Å²) < 4.78 is 7.65. The molecular weight excluding hydrogens is 416 g/mol. The fourth-order valence-electron chi connectivity index (χ4n) is 5.45. The van der Waals surface area contributed by atoms with Crippen molar-refractivity contribution in [2.24, 2.45) is 17.6 Å². The minimum Gasteiger partial charge on any atom is -0.457 e. The van der Waals surface area contributed by atoms with Gasteiger partial charge in [-0.2, -0.15) is 10.4 Å². The summed E-state index contributed by atoms with van der Waals surface area (Å²) in [7, 11) is 0. The number of anilines is 1. The van der Waals surface area contributed by atoms with E-state index in [1.165, 1.54) is 0 Å². The first-order valence-electron chi connectivity index (χ1n) is 11.1. The standard InChI is InChI=1S/C25H26N6O2/c1-15-19-14-30(12-11-26)20(15)13-21(19)31-24(27)22(25(28)32)23(29-31)16-7-9-18(10-8-16)33-17-5-3-2-4-6-17/h2-10,15,19-21H,12-14,27H2,1H3,(H2,28,32)/t15-,19?,20?,21?/m0/s1. The molecule has 1 aliphatic carbocycles. The second-order valence-corrected chi connectivity index (χ2v) is 8.84. The van der Waals surface area contributed by atoms with Gasteiger partial charge in [-0.05, 0) is 54.7 Å². The van der Waals surface area contributed by atoms with E-state index < -0.39 is 5.91 Å². The smallest absolute Gasteiger partial charge is 0.254 e. The number of ether oxygens (including phenoxy) is 1. The Hall–Kier alpha value is -3.83. The molecule has 1 saturated carbocycles. The lowest BCUT2D eigenvalue weighted by Gasteiger charge is -2.30. The number of fused-ring (bicyclic) bond motifs is 2. The maximum Gasteiger partial charge on any atom is 0.254 e. The first-order chi connectivity index (χ1) is 16.0. The van der Waals surface area contributed by atoms with Gasteiger partial charge in [-0.3, -0.25) is 9.69 Å². The minimum absolute atomic E-state index is 0.0764.